The second kappa shape index (κ2) is 4.94. The predicted molar refractivity (Wildman–Crippen MR) is 77.1 cm³/mol. The summed E-state index contributed by atoms with van der Waals surface area (Å²) in [5.74, 6) is -0.444. The van der Waals surface area contributed by atoms with Crippen molar-refractivity contribution in [1.82, 2.24) is 0 Å². The summed E-state index contributed by atoms with van der Waals surface area (Å²) in [7, 11) is -3.31. The minimum atomic E-state index is -3.31. The molecule has 0 saturated heterocycles. The number of benzene rings is 2. The molecule has 0 unspecified atom stereocenters. The second-order valence-corrected chi connectivity index (χ2v) is 7.02. The molecule has 2 aromatic rings. The van der Waals surface area contributed by atoms with Gasteiger partial charge < -0.3 is 5.73 Å². The molecule has 0 bridgehead atoms. The van der Waals surface area contributed by atoms with E-state index in [0.29, 0.717) is 21.3 Å². The van der Waals surface area contributed by atoms with Gasteiger partial charge in [-0.3, -0.25) is 0 Å². The fourth-order valence-corrected chi connectivity index (χ4v) is 2.82. The molecule has 0 amide bonds. The van der Waals surface area contributed by atoms with Gasteiger partial charge in [-0.05, 0) is 45.8 Å². The number of anilines is 1. The van der Waals surface area contributed by atoms with E-state index >= 15 is 0 Å². The molecule has 0 spiro atoms. The van der Waals surface area contributed by atoms with Gasteiger partial charge in [0.05, 0.1) is 10.6 Å². The van der Waals surface area contributed by atoms with Crippen molar-refractivity contribution < 1.29 is 12.8 Å². The molecule has 3 nitrogen and oxygen atoms in total. The van der Waals surface area contributed by atoms with Crippen LogP contribution in [0.5, 0.6) is 0 Å². The van der Waals surface area contributed by atoms with Gasteiger partial charge in [-0.1, -0.05) is 12.1 Å². The molecule has 0 saturated carbocycles. The molecule has 0 aliphatic rings. The summed E-state index contributed by atoms with van der Waals surface area (Å²) < 4.78 is 36.9. The highest BCUT2D eigenvalue weighted by molar-refractivity contribution is 9.10. The quantitative estimate of drug-likeness (QED) is 0.851. The van der Waals surface area contributed by atoms with E-state index in [0.717, 1.165) is 6.26 Å². The number of rotatable bonds is 2. The van der Waals surface area contributed by atoms with E-state index < -0.39 is 15.7 Å². The van der Waals surface area contributed by atoms with Crippen molar-refractivity contribution in [2.75, 3.05) is 12.0 Å². The molecule has 2 rings (SSSR count). The van der Waals surface area contributed by atoms with Crippen LogP contribution in [-0.2, 0) is 9.84 Å². The van der Waals surface area contributed by atoms with Gasteiger partial charge in [-0.15, -0.1) is 0 Å². The second-order valence-electron chi connectivity index (χ2n) is 4.15. The Hall–Kier alpha value is -1.40. The van der Waals surface area contributed by atoms with E-state index in [1.165, 1.54) is 24.3 Å². The van der Waals surface area contributed by atoms with Gasteiger partial charge >= 0.3 is 0 Å². The Morgan fingerprint density at radius 2 is 1.89 bits per heavy atom. The van der Waals surface area contributed by atoms with Crippen molar-refractivity contribution in [3.8, 4) is 11.1 Å². The first-order valence-corrected chi connectivity index (χ1v) is 8.02. The number of nitrogens with two attached hydrogens (primary N) is 1. The Morgan fingerprint density at radius 1 is 1.21 bits per heavy atom. The lowest BCUT2D eigenvalue weighted by molar-refractivity contribution is 0.602. The number of nitrogen functional groups attached to an aromatic ring is 1. The van der Waals surface area contributed by atoms with Crippen LogP contribution in [0.4, 0.5) is 10.1 Å². The molecule has 2 aromatic carbocycles. The molecule has 2 N–H and O–H groups in total. The minimum absolute atomic E-state index is 0.171. The Kier molecular flexibility index (Phi) is 3.64. The van der Waals surface area contributed by atoms with Crippen LogP contribution in [0.1, 0.15) is 0 Å². The van der Waals surface area contributed by atoms with Gasteiger partial charge in [0.15, 0.2) is 9.84 Å². The van der Waals surface area contributed by atoms with E-state index in [-0.39, 0.29) is 4.90 Å². The van der Waals surface area contributed by atoms with Gasteiger partial charge in [0.25, 0.3) is 0 Å². The third kappa shape index (κ3) is 2.96. The van der Waals surface area contributed by atoms with E-state index in [2.05, 4.69) is 15.9 Å². The summed E-state index contributed by atoms with van der Waals surface area (Å²) in [5, 5.41) is 0. The van der Waals surface area contributed by atoms with Crippen molar-refractivity contribution >= 4 is 31.5 Å². The number of halogens is 2. The summed E-state index contributed by atoms with van der Waals surface area (Å²) in [6.45, 7) is 0. The fourth-order valence-electron chi connectivity index (χ4n) is 1.72. The van der Waals surface area contributed by atoms with Crippen molar-refractivity contribution in [3.63, 3.8) is 0 Å². The average molecular weight is 344 g/mol. The topological polar surface area (TPSA) is 60.2 Å². The maximum absolute atomic E-state index is 13.4. The standard InChI is InChI=1S/C13H11BrFNO2S/c1-19(17,18)10-4-2-3-8(5-10)11-6-9(15)7-12(14)13(11)16/h2-7H,16H2,1H3. The van der Waals surface area contributed by atoms with Crippen molar-refractivity contribution in [1.29, 1.82) is 0 Å². The Bertz CT molecular complexity index is 744. The van der Waals surface area contributed by atoms with Crippen LogP contribution in [0.25, 0.3) is 11.1 Å². The van der Waals surface area contributed by atoms with Gasteiger partial charge in [0.2, 0.25) is 0 Å². The zero-order valence-corrected chi connectivity index (χ0v) is 12.4. The number of hydrogen-bond acceptors (Lipinski definition) is 3. The van der Waals surface area contributed by atoms with Crippen LogP contribution < -0.4 is 5.73 Å². The highest BCUT2D eigenvalue weighted by Crippen LogP contribution is 2.33. The smallest absolute Gasteiger partial charge is 0.175 e. The Labute approximate surface area is 119 Å². The van der Waals surface area contributed by atoms with Crippen LogP contribution >= 0.6 is 15.9 Å². The molecular formula is C13H11BrFNO2S. The molecular weight excluding hydrogens is 333 g/mol. The molecule has 0 heterocycles. The number of sulfone groups is 1. The van der Waals surface area contributed by atoms with Crippen molar-refractivity contribution in [2.45, 2.75) is 4.90 Å². The molecule has 0 atom stereocenters. The van der Waals surface area contributed by atoms with Crippen LogP contribution in [0, 0.1) is 5.82 Å². The van der Waals surface area contributed by atoms with Gasteiger partial charge in [-0.2, -0.15) is 0 Å². The molecule has 6 heteroatoms. The summed E-state index contributed by atoms with van der Waals surface area (Å²) in [6, 6.07) is 8.80. The van der Waals surface area contributed by atoms with E-state index in [4.69, 9.17) is 5.73 Å². The summed E-state index contributed by atoms with van der Waals surface area (Å²) in [4.78, 5) is 0.171. The minimum Gasteiger partial charge on any atom is -0.397 e. The molecule has 0 aliphatic heterocycles. The van der Waals surface area contributed by atoms with E-state index in [1.807, 2.05) is 0 Å². The maximum atomic E-state index is 13.4. The first-order valence-electron chi connectivity index (χ1n) is 5.34. The largest absolute Gasteiger partial charge is 0.397 e. The van der Waals surface area contributed by atoms with Gasteiger partial charge in [0, 0.05) is 16.3 Å². The van der Waals surface area contributed by atoms with Gasteiger partial charge in [-0.25, -0.2) is 12.8 Å². The maximum Gasteiger partial charge on any atom is 0.175 e. The van der Waals surface area contributed by atoms with Crippen LogP contribution in [0.15, 0.2) is 45.8 Å². The van der Waals surface area contributed by atoms with Gasteiger partial charge in [0.1, 0.15) is 5.82 Å². The summed E-state index contributed by atoms with van der Waals surface area (Å²) in [5.41, 5.74) is 7.26. The first kappa shape index (κ1) is 14.0. The average Bonchev–Trinajstić information content (AvgIpc) is 2.33. The molecule has 0 aromatic heterocycles. The van der Waals surface area contributed by atoms with Crippen LogP contribution in [-0.4, -0.2) is 14.7 Å². The molecule has 19 heavy (non-hydrogen) atoms. The van der Waals surface area contributed by atoms with Crippen molar-refractivity contribution in [3.05, 3.63) is 46.7 Å². The lowest BCUT2D eigenvalue weighted by atomic mass is 10.0. The zero-order valence-electron chi connectivity index (χ0n) is 10.0. The highest BCUT2D eigenvalue weighted by Gasteiger charge is 2.12. The predicted octanol–water partition coefficient (Wildman–Crippen LogP) is 3.24. The highest BCUT2D eigenvalue weighted by atomic mass is 79.9. The monoisotopic (exact) mass is 343 g/mol. The molecule has 0 aliphatic carbocycles. The fraction of sp³-hybridized carbons (Fsp3) is 0.0769. The lowest BCUT2D eigenvalue weighted by Crippen LogP contribution is -1.98. The van der Waals surface area contributed by atoms with Crippen LogP contribution in [0.2, 0.25) is 0 Å². The van der Waals surface area contributed by atoms with E-state index in [1.54, 1.807) is 12.1 Å². The van der Waals surface area contributed by atoms with Crippen molar-refractivity contribution in [2.24, 2.45) is 0 Å². The first-order chi connectivity index (χ1) is 8.79. The van der Waals surface area contributed by atoms with E-state index in [9.17, 15) is 12.8 Å². The zero-order chi connectivity index (χ0) is 14.2. The third-order valence-electron chi connectivity index (χ3n) is 2.67. The Balaban J connectivity index is 2.67. The molecule has 0 fully saturated rings. The number of hydrogen-bond donors (Lipinski definition) is 1. The normalized spacial score (nSPS) is 11.5. The Morgan fingerprint density at radius 3 is 2.53 bits per heavy atom. The summed E-state index contributed by atoms with van der Waals surface area (Å²) in [6.07, 6.45) is 1.12. The summed E-state index contributed by atoms with van der Waals surface area (Å²) >= 11 is 3.17. The molecule has 0 radical (unpaired) electrons. The molecule has 100 valence electrons. The van der Waals surface area contributed by atoms with Crippen LogP contribution in [0.3, 0.4) is 0 Å². The third-order valence-corrected chi connectivity index (χ3v) is 4.43. The SMILES string of the molecule is CS(=O)(=O)c1cccc(-c2cc(F)cc(Br)c2N)c1. The lowest BCUT2D eigenvalue weighted by Gasteiger charge is -2.09.